The zero-order valence-electron chi connectivity index (χ0n) is 19.7. The molecule has 0 bridgehead atoms. The number of aliphatic hydroxyl groups excluding tert-OH is 2. The van der Waals surface area contributed by atoms with Crippen molar-refractivity contribution in [1.82, 2.24) is 0 Å². The van der Waals surface area contributed by atoms with Gasteiger partial charge in [-0.15, -0.1) is 0 Å². The van der Waals surface area contributed by atoms with E-state index in [1.54, 1.807) is 0 Å². The summed E-state index contributed by atoms with van der Waals surface area (Å²) < 4.78 is 0. The van der Waals surface area contributed by atoms with Crippen LogP contribution in [0.3, 0.4) is 0 Å². The molecule has 0 aromatic heterocycles. The Bertz CT molecular complexity index is 686. The van der Waals surface area contributed by atoms with Crippen molar-refractivity contribution in [3.8, 4) is 0 Å². The van der Waals surface area contributed by atoms with E-state index in [0.717, 1.165) is 38.5 Å². The van der Waals surface area contributed by atoms with Crippen molar-refractivity contribution in [2.45, 2.75) is 110 Å². The fourth-order valence-electron chi connectivity index (χ4n) is 6.60. The molecule has 0 aromatic carbocycles. The summed E-state index contributed by atoms with van der Waals surface area (Å²) in [6.07, 6.45) is 13.4. The van der Waals surface area contributed by atoms with Crippen LogP contribution in [0.2, 0.25) is 0 Å². The Balaban J connectivity index is 1.75. The van der Waals surface area contributed by atoms with Crippen LogP contribution >= 0.6 is 0 Å². The Labute approximate surface area is 184 Å². The van der Waals surface area contributed by atoms with Crippen LogP contribution in [0, 0.1) is 23.2 Å². The second-order valence-electron chi connectivity index (χ2n) is 11.2. The Morgan fingerprint density at radius 2 is 1.93 bits per heavy atom. The molecular weight excluding hydrogens is 372 g/mol. The van der Waals surface area contributed by atoms with Crippen molar-refractivity contribution in [3.05, 3.63) is 35.5 Å². The molecule has 3 nitrogen and oxygen atoms in total. The Morgan fingerprint density at radius 3 is 2.63 bits per heavy atom. The van der Waals surface area contributed by atoms with Gasteiger partial charge in [0.15, 0.2) is 0 Å². The van der Waals surface area contributed by atoms with Gasteiger partial charge in [0, 0.05) is 0 Å². The summed E-state index contributed by atoms with van der Waals surface area (Å²) in [6, 6.07) is 0. The molecule has 3 N–H and O–H groups in total. The first-order valence-electron chi connectivity index (χ1n) is 12.2. The molecule has 0 aliphatic heterocycles. The van der Waals surface area contributed by atoms with Gasteiger partial charge in [-0.3, -0.25) is 0 Å². The Kier molecular flexibility index (Phi) is 7.37. The predicted molar refractivity (Wildman–Crippen MR) is 124 cm³/mol. The van der Waals surface area contributed by atoms with E-state index in [-0.39, 0.29) is 29.5 Å². The summed E-state index contributed by atoms with van der Waals surface area (Å²) in [6.45, 7) is 12.7. The summed E-state index contributed by atoms with van der Waals surface area (Å²) in [5.41, 5.74) is 3.29. The maximum absolute atomic E-state index is 11.5. The van der Waals surface area contributed by atoms with E-state index in [4.69, 9.17) is 0 Å². The van der Waals surface area contributed by atoms with Gasteiger partial charge in [-0.1, -0.05) is 50.6 Å². The molecule has 0 spiro atoms. The average Bonchev–Trinajstić information content (AvgIpc) is 3.05. The van der Waals surface area contributed by atoms with Crippen molar-refractivity contribution in [1.29, 1.82) is 0 Å². The van der Waals surface area contributed by atoms with Crippen LogP contribution in [-0.4, -0.2) is 33.1 Å². The van der Waals surface area contributed by atoms with E-state index in [1.165, 1.54) is 29.6 Å². The fraction of sp³-hybridized carbons (Fsp3) is 0.778. The van der Waals surface area contributed by atoms with Gasteiger partial charge in [-0.05, 0) is 99.9 Å². The second-order valence-corrected chi connectivity index (χ2v) is 11.2. The van der Waals surface area contributed by atoms with E-state index in [1.807, 2.05) is 20.8 Å². The molecule has 1 unspecified atom stereocenters. The highest BCUT2D eigenvalue weighted by molar-refractivity contribution is 5.36. The van der Waals surface area contributed by atoms with Crippen LogP contribution in [0.5, 0.6) is 0 Å². The quantitative estimate of drug-likeness (QED) is 0.520. The topological polar surface area (TPSA) is 60.7 Å². The molecule has 170 valence electrons. The number of allylic oxidation sites excluding steroid dienone is 4. The van der Waals surface area contributed by atoms with Gasteiger partial charge in [0.25, 0.3) is 0 Å². The normalized spacial score (nSPS) is 38.1. The third-order valence-corrected chi connectivity index (χ3v) is 8.62. The zero-order chi connectivity index (χ0) is 22.1. The van der Waals surface area contributed by atoms with E-state index in [0.29, 0.717) is 18.8 Å². The van der Waals surface area contributed by atoms with E-state index < -0.39 is 5.60 Å². The number of rotatable bonds is 6. The smallest absolute Gasteiger partial charge is 0.0654 e. The molecule has 3 saturated carbocycles. The van der Waals surface area contributed by atoms with Crippen molar-refractivity contribution in [3.63, 3.8) is 0 Å². The lowest BCUT2D eigenvalue weighted by atomic mass is 9.59. The standard InChI is InChI=1S/C27H44O3/c1-18(2)24(29)14-16-27(5,30)25-13-12-23-20(7-6-15-26(23,25)4)9-10-21-17-22(28)11-8-19(21)3/h9-10,18,22-25,28-30H,3,6-8,11-17H2,1-2,4-5H3/b20-9+,21-10-/t22-,23-,24?,25-,26-,27-/m0/s1. The summed E-state index contributed by atoms with van der Waals surface area (Å²) in [4.78, 5) is 0. The summed E-state index contributed by atoms with van der Waals surface area (Å²) >= 11 is 0. The number of fused-ring (bicyclic) bond motifs is 1. The minimum absolute atomic E-state index is 0.123. The highest BCUT2D eigenvalue weighted by atomic mass is 16.3. The molecule has 3 aliphatic carbocycles. The maximum Gasteiger partial charge on any atom is 0.0654 e. The van der Waals surface area contributed by atoms with Gasteiger partial charge in [0.05, 0.1) is 17.8 Å². The lowest BCUT2D eigenvalue weighted by Gasteiger charge is -2.47. The molecule has 30 heavy (non-hydrogen) atoms. The van der Waals surface area contributed by atoms with Crippen LogP contribution in [0.15, 0.2) is 35.5 Å². The van der Waals surface area contributed by atoms with Crippen LogP contribution in [0.25, 0.3) is 0 Å². The molecule has 0 saturated heterocycles. The molecule has 0 heterocycles. The number of aliphatic hydroxyl groups is 3. The number of hydrogen-bond acceptors (Lipinski definition) is 3. The average molecular weight is 417 g/mol. The first-order chi connectivity index (χ1) is 14.0. The van der Waals surface area contributed by atoms with Crippen molar-refractivity contribution < 1.29 is 15.3 Å². The molecule has 6 atom stereocenters. The van der Waals surface area contributed by atoms with E-state index in [9.17, 15) is 15.3 Å². The SMILES string of the molecule is C=C1CC[C@H](O)C/C1=C/C=C1\CCC[C@@]2(C)[C@H]1CC[C@@H]2[C@@](C)(O)CCC(O)C(C)C. The number of hydrogen-bond donors (Lipinski definition) is 3. The van der Waals surface area contributed by atoms with Crippen LogP contribution in [0.1, 0.15) is 91.9 Å². The first kappa shape index (κ1) is 23.8. The van der Waals surface area contributed by atoms with E-state index >= 15 is 0 Å². The predicted octanol–water partition coefficient (Wildman–Crippen LogP) is 5.70. The summed E-state index contributed by atoms with van der Waals surface area (Å²) in [5.74, 6) is 1.03. The summed E-state index contributed by atoms with van der Waals surface area (Å²) in [7, 11) is 0. The van der Waals surface area contributed by atoms with Crippen LogP contribution in [-0.2, 0) is 0 Å². The second kappa shape index (κ2) is 9.30. The minimum Gasteiger partial charge on any atom is -0.393 e. The van der Waals surface area contributed by atoms with Gasteiger partial charge < -0.3 is 15.3 Å². The van der Waals surface area contributed by atoms with Gasteiger partial charge in [-0.2, -0.15) is 0 Å². The summed E-state index contributed by atoms with van der Waals surface area (Å²) in [5, 5.41) is 31.7. The van der Waals surface area contributed by atoms with Crippen LogP contribution < -0.4 is 0 Å². The third-order valence-electron chi connectivity index (χ3n) is 8.62. The molecule has 3 aliphatic rings. The van der Waals surface area contributed by atoms with Crippen molar-refractivity contribution >= 4 is 0 Å². The molecule has 0 radical (unpaired) electrons. The van der Waals surface area contributed by atoms with Gasteiger partial charge >= 0.3 is 0 Å². The van der Waals surface area contributed by atoms with Gasteiger partial charge in [-0.25, -0.2) is 0 Å². The monoisotopic (exact) mass is 416 g/mol. The Morgan fingerprint density at radius 1 is 1.20 bits per heavy atom. The Hall–Kier alpha value is -0.900. The molecule has 3 heteroatoms. The maximum atomic E-state index is 11.5. The first-order valence-corrected chi connectivity index (χ1v) is 12.2. The molecule has 0 amide bonds. The molecular formula is C27H44O3. The lowest BCUT2D eigenvalue weighted by molar-refractivity contribution is -0.0722. The third kappa shape index (κ3) is 4.95. The highest BCUT2D eigenvalue weighted by Crippen LogP contribution is 2.60. The van der Waals surface area contributed by atoms with Crippen LogP contribution in [0.4, 0.5) is 0 Å². The fourth-order valence-corrected chi connectivity index (χ4v) is 6.60. The largest absolute Gasteiger partial charge is 0.393 e. The lowest BCUT2D eigenvalue weighted by Crippen LogP contribution is -2.45. The molecule has 3 fully saturated rings. The van der Waals surface area contributed by atoms with Gasteiger partial charge in [0.2, 0.25) is 0 Å². The van der Waals surface area contributed by atoms with Crippen molar-refractivity contribution in [2.75, 3.05) is 0 Å². The van der Waals surface area contributed by atoms with Gasteiger partial charge in [0.1, 0.15) is 0 Å². The van der Waals surface area contributed by atoms with E-state index in [2.05, 4.69) is 25.7 Å². The van der Waals surface area contributed by atoms with Crippen molar-refractivity contribution in [2.24, 2.45) is 23.2 Å². The highest BCUT2D eigenvalue weighted by Gasteiger charge is 2.54. The minimum atomic E-state index is -0.734. The molecule has 0 aromatic rings. The molecule has 3 rings (SSSR count). The zero-order valence-corrected chi connectivity index (χ0v) is 19.7.